The summed E-state index contributed by atoms with van der Waals surface area (Å²) in [5.74, 6) is -2.62. The van der Waals surface area contributed by atoms with Gasteiger partial charge in [-0.2, -0.15) is 0 Å². The first-order chi connectivity index (χ1) is 23.6. The molecule has 6 unspecified atom stereocenters. The third-order valence-corrected chi connectivity index (χ3v) is 13.0. The first kappa shape index (κ1) is 31.5. The van der Waals surface area contributed by atoms with Gasteiger partial charge in [-0.05, 0) is 73.9 Å². The summed E-state index contributed by atoms with van der Waals surface area (Å²) >= 11 is 2.63. The summed E-state index contributed by atoms with van der Waals surface area (Å²) in [5.41, 5.74) is 3.28. The quantitative estimate of drug-likeness (QED) is 0.1000. The van der Waals surface area contributed by atoms with E-state index in [1.54, 1.807) is 55.1 Å². The number of aromatic amines is 1. The zero-order valence-corrected chi connectivity index (χ0v) is 28.1. The van der Waals surface area contributed by atoms with Crippen LogP contribution in [-0.2, 0) is 20.9 Å². The van der Waals surface area contributed by atoms with Crippen LogP contribution in [0.3, 0.4) is 0 Å². The number of ether oxygens (including phenoxy) is 2. The van der Waals surface area contributed by atoms with Crippen molar-refractivity contribution in [3.63, 3.8) is 0 Å². The van der Waals surface area contributed by atoms with E-state index in [-0.39, 0.29) is 58.6 Å². The molecular formula is C36H31N3O8S2. The average Bonchev–Trinajstić information content (AvgIpc) is 3.83. The van der Waals surface area contributed by atoms with Gasteiger partial charge in [-0.15, -0.1) is 11.8 Å². The number of benzene rings is 3. The van der Waals surface area contributed by atoms with Crippen molar-refractivity contribution in [3.05, 3.63) is 114 Å². The topological polar surface area (TPSA) is 149 Å². The van der Waals surface area contributed by atoms with Crippen molar-refractivity contribution in [1.29, 1.82) is 0 Å². The van der Waals surface area contributed by atoms with E-state index in [0.29, 0.717) is 34.0 Å². The fourth-order valence-corrected chi connectivity index (χ4v) is 11.3. The number of hydrogen-bond acceptors (Lipinski definition) is 10. The molecule has 7 atom stereocenters. The Kier molecular flexibility index (Phi) is 7.71. The number of carbonyl (C=O) groups is 3. The molecule has 2 aliphatic heterocycles. The fourth-order valence-electron chi connectivity index (χ4n) is 8.45. The van der Waals surface area contributed by atoms with Crippen LogP contribution in [0, 0.1) is 46.6 Å². The highest BCUT2D eigenvalue weighted by molar-refractivity contribution is 8.00. The molecule has 1 aromatic heterocycles. The summed E-state index contributed by atoms with van der Waals surface area (Å²) < 4.78 is 11.4. The van der Waals surface area contributed by atoms with Crippen LogP contribution in [0.5, 0.6) is 5.75 Å². The number of fused-ring (bicyclic) bond motifs is 9. The Morgan fingerprint density at radius 2 is 1.71 bits per heavy atom. The van der Waals surface area contributed by atoms with Gasteiger partial charge < -0.3 is 14.5 Å². The SMILES string of the molecule is CCOC(=O)c1ccc(N2C(=O)C3C4CC(C3C2=O)C2C4Sc3[nH]c(=O)sc3[C@@H]2c2cc([N+](=O)[O-])ccc2OCc2ccc(C)cc2)cc1. The molecule has 11 nitrogen and oxygen atoms in total. The zero-order valence-electron chi connectivity index (χ0n) is 26.5. The van der Waals surface area contributed by atoms with Crippen molar-refractivity contribution in [2.24, 2.45) is 29.6 Å². The van der Waals surface area contributed by atoms with Crippen molar-refractivity contribution in [1.82, 2.24) is 4.98 Å². The second-order valence-corrected chi connectivity index (χ2v) is 15.2. The normalized spacial score (nSPS) is 26.3. The van der Waals surface area contributed by atoms with Gasteiger partial charge in [-0.3, -0.25) is 29.4 Å². The number of aryl methyl sites for hydroxylation is 1. The Morgan fingerprint density at radius 3 is 2.41 bits per heavy atom. The number of imide groups is 1. The number of thiazole rings is 1. The number of anilines is 1. The molecule has 13 heteroatoms. The first-order valence-corrected chi connectivity index (χ1v) is 17.9. The molecule has 0 spiro atoms. The second-order valence-electron chi connectivity index (χ2n) is 13.0. The van der Waals surface area contributed by atoms with Crippen LogP contribution < -0.4 is 14.5 Å². The maximum absolute atomic E-state index is 14.2. The Balaban J connectivity index is 1.17. The summed E-state index contributed by atoms with van der Waals surface area (Å²) in [5, 5.41) is 12.6. The summed E-state index contributed by atoms with van der Waals surface area (Å²) in [6.07, 6.45) is 0.662. The lowest BCUT2D eigenvalue weighted by atomic mass is 9.68. The standard InChI is InChI=1S/C36H31N3O8S2/c1-3-46-35(42)19-8-10-20(11-9-19)38-33(40)28-23-15-24(29(28)34(38)41)30-27(23)26(31-32(48-30)37-36(43)49-31)22-14-21(39(44)45)12-13-25(22)47-16-18-6-4-17(2)5-7-18/h4-14,23-24,26-30H,3,15-16H2,1-2H3,(H,37,43)/t23?,24?,26-,27?,28?,29?,30?/m1/s1. The Morgan fingerprint density at radius 1 is 1.00 bits per heavy atom. The largest absolute Gasteiger partial charge is 0.489 e. The van der Waals surface area contributed by atoms with Gasteiger partial charge in [-0.1, -0.05) is 41.2 Å². The molecule has 2 amide bonds. The van der Waals surface area contributed by atoms with Crippen LogP contribution >= 0.6 is 23.1 Å². The van der Waals surface area contributed by atoms with Crippen molar-refractivity contribution >= 4 is 52.3 Å². The number of carbonyl (C=O) groups excluding carboxylic acids is 3. The molecule has 4 aliphatic rings. The van der Waals surface area contributed by atoms with E-state index in [9.17, 15) is 29.3 Å². The number of thioether (sulfide) groups is 1. The monoisotopic (exact) mass is 697 g/mol. The minimum atomic E-state index is -0.570. The first-order valence-electron chi connectivity index (χ1n) is 16.2. The lowest BCUT2D eigenvalue weighted by Gasteiger charge is -2.43. The molecule has 8 rings (SSSR count). The van der Waals surface area contributed by atoms with Crippen LogP contribution in [0.15, 0.2) is 76.6 Å². The number of H-pyrrole nitrogens is 1. The van der Waals surface area contributed by atoms with Gasteiger partial charge in [0.2, 0.25) is 11.8 Å². The number of nitrogens with zero attached hydrogens (tertiary/aromatic N) is 2. The molecule has 2 saturated carbocycles. The molecule has 0 radical (unpaired) electrons. The van der Waals surface area contributed by atoms with Crippen molar-refractivity contribution < 1.29 is 28.8 Å². The Hall–Kier alpha value is -4.75. The number of esters is 1. The van der Waals surface area contributed by atoms with Crippen molar-refractivity contribution in [2.75, 3.05) is 11.5 Å². The van der Waals surface area contributed by atoms with Crippen LogP contribution in [0.4, 0.5) is 11.4 Å². The van der Waals surface area contributed by atoms with E-state index in [1.165, 1.54) is 11.0 Å². The molecule has 250 valence electrons. The third kappa shape index (κ3) is 5.09. The van der Waals surface area contributed by atoms with Crippen molar-refractivity contribution in [2.45, 2.75) is 43.1 Å². The van der Waals surface area contributed by atoms with Gasteiger partial charge >= 0.3 is 10.8 Å². The van der Waals surface area contributed by atoms with Crippen LogP contribution in [0.1, 0.15) is 51.2 Å². The second kappa shape index (κ2) is 12.0. The minimum absolute atomic E-state index is 0.0949. The van der Waals surface area contributed by atoms with Crippen LogP contribution in [0.2, 0.25) is 0 Å². The van der Waals surface area contributed by atoms with Gasteiger partial charge in [-0.25, -0.2) is 4.79 Å². The molecule has 4 aromatic rings. The number of non-ortho nitro benzene ring substituents is 1. The molecule has 1 saturated heterocycles. The highest BCUT2D eigenvalue weighted by Crippen LogP contribution is 2.69. The highest BCUT2D eigenvalue weighted by Gasteiger charge is 2.70. The smallest absolute Gasteiger partial charge is 0.338 e. The predicted octanol–water partition coefficient (Wildman–Crippen LogP) is 6.09. The van der Waals surface area contributed by atoms with E-state index in [0.717, 1.165) is 27.3 Å². The molecule has 1 N–H and O–H groups in total. The molecule has 3 fully saturated rings. The van der Waals surface area contributed by atoms with Crippen LogP contribution in [-0.4, -0.2) is 39.5 Å². The van der Waals surface area contributed by atoms with Gasteiger partial charge in [0.1, 0.15) is 12.4 Å². The molecule has 2 aliphatic carbocycles. The summed E-state index contributed by atoms with van der Waals surface area (Å²) in [6.45, 7) is 4.19. The summed E-state index contributed by atoms with van der Waals surface area (Å²) in [4.78, 5) is 69.6. The number of nitro benzene ring substituents is 1. The molecule has 49 heavy (non-hydrogen) atoms. The number of aromatic nitrogens is 1. The molecular weight excluding hydrogens is 667 g/mol. The Bertz CT molecular complexity index is 2070. The lowest BCUT2D eigenvalue weighted by Crippen LogP contribution is -2.42. The number of amides is 2. The number of rotatable bonds is 8. The molecule has 3 heterocycles. The predicted molar refractivity (Wildman–Crippen MR) is 182 cm³/mol. The fraction of sp³-hybridized carbons (Fsp3) is 0.333. The lowest BCUT2D eigenvalue weighted by molar-refractivity contribution is -0.385. The maximum atomic E-state index is 14.2. The van der Waals surface area contributed by atoms with Gasteiger partial charge in [0.05, 0.1) is 39.6 Å². The maximum Gasteiger partial charge on any atom is 0.338 e. The summed E-state index contributed by atoms with van der Waals surface area (Å²) in [6, 6.07) is 18.8. The highest BCUT2D eigenvalue weighted by atomic mass is 32.2. The summed E-state index contributed by atoms with van der Waals surface area (Å²) in [7, 11) is 0. The zero-order chi connectivity index (χ0) is 34.1. The van der Waals surface area contributed by atoms with E-state index >= 15 is 0 Å². The van der Waals surface area contributed by atoms with Crippen molar-refractivity contribution in [3.8, 4) is 5.75 Å². The van der Waals surface area contributed by atoms with Crippen LogP contribution in [0.25, 0.3) is 0 Å². The minimum Gasteiger partial charge on any atom is -0.489 e. The number of nitrogens with one attached hydrogen (secondary N) is 1. The average molecular weight is 698 g/mol. The molecule has 2 bridgehead atoms. The van der Waals surface area contributed by atoms with E-state index < -0.39 is 28.6 Å². The van der Waals surface area contributed by atoms with Gasteiger partial charge in [0.25, 0.3) is 5.69 Å². The van der Waals surface area contributed by atoms with E-state index in [1.807, 2.05) is 31.2 Å². The number of hydrogen-bond donors (Lipinski definition) is 1. The van der Waals surface area contributed by atoms with E-state index in [4.69, 9.17) is 9.47 Å². The van der Waals surface area contributed by atoms with E-state index in [2.05, 4.69) is 4.98 Å². The van der Waals surface area contributed by atoms with Gasteiger partial charge in [0.15, 0.2) is 0 Å². The Labute approximate surface area is 288 Å². The molecule has 3 aromatic carbocycles. The number of nitro groups is 1. The van der Waals surface area contributed by atoms with Gasteiger partial charge in [0, 0.05) is 33.7 Å². The third-order valence-electron chi connectivity index (χ3n) is 10.4.